The molecule has 0 bridgehead atoms. The molecule has 0 saturated heterocycles. The highest BCUT2D eigenvalue weighted by atomic mass is 79.9. The van der Waals surface area contributed by atoms with Crippen LogP contribution in [-0.4, -0.2) is 43.3 Å². The van der Waals surface area contributed by atoms with Crippen LogP contribution in [0.1, 0.15) is 5.56 Å². The van der Waals surface area contributed by atoms with Crippen molar-refractivity contribution >= 4 is 21.6 Å². The molecule has 1 rings (SSSR count). The highest BCUT2D eigenvalue weighted by Gasteiger charge is 2.06. The van der Waals surface area contributed by atoms with Gasteiger partial charge in [0.15, 0.2) is 0 Å². The van der Waals surface area contributed by atoms with Crippen molar-refractivity contribution in [2.75, 3.05) is 32.5 Å². The van der Waals surface area contributed by atoms with Crippen LogP contribution in [0, 0.1) is 6.92 Å². The molecule has 0 aliphatic carbocycles. The quantitative estimate of drug-likeness (QED) is 0.870. The molecule has 1 unspecified atom stereocenters. The number of hydrogen-bond acceptors (Lipinski definition) is 3. The molecule has 0 aliphatic rings. The van der Waals surface area contributed by atoms with E-state index in [0.717, 1.165) is 10.2 Å². The minimum Gasteiger partial charge on any atom is -0.390 e. The summed E-state index contributed by atoms with van der Waals surface area (Å²) >= 11 is 3.48. The maximum Gasteiger partial charge on any atom is 0.0838 e. The van der Waals surface area contributed by atoms with Crippen LogP contribution in [0.2, 0.25) is 0 Å². The van der Waals surface area contributed by atoms with E-state index >= 15 is 0 Å². The van der Waals surface area contributed by atoms with Gasteiger partial charge < -0.3 is 15.3 Å². The van der Waals surface area contributed by atoms with E-state index in [-0.39, 0.29) is 6.10 Å². The maximum atomic E-state index is 9.72. The zero-order chi connectivity index (χ0) is 12.1. The van der Waals surface area contributed by atoms with Crippen molar-refractivity contribution in [1.82, 2.24) is 4.90 Å². The van der Waals surface area contributed by atoms with Crippen molar-refractivity contribution < 1.29 is 5.11 Å². The molecule has 1 aromatic carbocycles. The molecule has 2 N–H and O–H groups in total. The summed E-state index contributed by atoms with van der Waals surface area (Å²) in [6.45, 7) is 3.27. The Balaban J connectivity index is 2.51. The second kappa shape index (κ2) is 6.23. The van der Waals surface area contributed by atoms with Gasteiger partial charge in [-0.05, 0) is 54.6 Å². The topological polar surface area (TPSA) is 35.5 Å². The van der Waals surface area contributed by atoms with Gasteiger partial charge in [-0.2, -0.15) is 0 Å². The summed E-state index contributed by atoms with van der Waals surface area (Å²) < 4.78 is 1.02. The first-order valence-corrected chi connectivity index (χ1v) is 6.11. The SMILES string of the molecule is Cc1ccc(Br)c(NCC(O)CN(C)C)c1. The van der Waals surface area contributed by atoms with E-state index in [9.17, 15) is 5.11 Å². The minimum atomic E-state index is -0.359. The highest BCUT2D eigenvalue weighted by Crippen LogP contribution is 2.23. The molecule has 0 aromatic heterocycles. The summed E-state index contributed by atoms with van der Waals surface area (Å²) in [7, 11) is 3.90. The van der Waals surface area contributed by atoms with Crippen LogP contribution in [0.15, 0.2) is 22.7 Å². The fourth-order valence-corrected chi connectivity index (χ4v) is 1.88. The van der Waals surface area contributed by atoms with Crippen molar-refractivity contribution in [2.24, 2.45) is 0 Å². The maximum absolute atomic E-state index is 9.72. The average molecular weight is 287 g/mol. The van der Waals surface area contributed by atoms with Gasteiger partial charge in [0, 0.05) is 23.2 Å². The van der Waals surface area contributed by atoms with Gasteiger partial charge in [0.05, 0.1) is 6.10 Å². The van der Waals surface area contributed by atoms with E-state index in [2.05, 4.69) is 27.3 Å². The first-order valence-electron chi connectivity index (χ1n) is 5.32. The van der Waals surface area contributed by atoms with E-state index < -0.39 is 0 Å². The molecule has 90 valence electrons. The molecule has 4 heteroatoms. The lowest BCUT2D eigenvalue weighted by atomic mass is 10.2. The minimum absolute atomic E-state index is 0.359. The van der Waals surface area contributed by atoms with Crippen molar-refractivity contribution in [3.05, 3.63) is 28.2 Å². The third kappa shape index (κ3) is 4.51. The summed E-state index contributed by atoms with van der Waals surface area (Å²) in [5.41, 5.74) is 2.23. The number of aliphatic hydroxyl groups excluding tert-OH is 1. The highest BCUT2D eigenvalue weighted by molar-refractivity contribution is 9.10. The van der Waals surface area contributed by atoms with Gasteiger partial charge in [-0.3, -0.25) is 0 Å². The van der Waals surface area contributed by atoms with Gasteiger partial charge in [0.25, 0.3) is 0 Å². The van der Waals surface area contributed by atoms with Crippen molar-refractivity contribution in [2.45, 2.75) is 13.0 Å². The molecule has 3 nitrogen and oxygen atoms in total. The first kappa shape index (κ1) is 13.5. The first-order chi connectivity index (χ1) is 7.49. The Hall–Kier alpha value is -0.580. The predicted molar refractivity (Wildman–Crippen MR) is 71.9 cm³/mol. The van der Waals surface area contributed by atoms with Gasteiger partial charge in [-0.25, -0.2) is 0 Å². The van der Waals surface area contributed by atoms with Crippen molar-refractivity contribution in [3.63, 3.8) is 0 Å². The van der Waals surface area contributed by atoms with Crippen LogP contribution < -0.4 is 5.32 Å². The number of rotatable bonds is 5. The Labute approximate surface area is 106 Å². The zero-order valence-electron chi connectivity index (χ0n) is 10.00. The van der Waals surface area contributed by atoms with Crippen LogP contribution >= 0.6 is 15.9 Å². The number of aryl methyl sites for hydroxylation is 1. The van der Waals surface area contributed by atoms with Crippen molar-refractivity contribution in [3.8, 4) is 0 Å². The molecule has 0 aliphatic heterocycles. The third-order valence-electron chi connectivity index (χ3n) is 2.23. The summed E-state index contributed by atoms with van der Waals surface area (Å²) in [5, 5.41) is 13.0. The number of likely N-dealkylation sites (N-methyl/N-ethyl adjacent to an activating group) is 1. The normalized spacial score (nSPS) is 12.9. The van der Waals surface area contributed by atoms with Gasteiger partial charge in [-0.1, -0.05) is 6.07 Å². The summed E-state index contributed by atoms with van der Waals surface area (Å²) in [6.07, 6.45) is -0.359. The molecule has 0 spiro atoms. The monoisotopic (exact) mass is 286 g/mol. The van der Waals surface area contributed by atoms with Crippen LogP contribution in [0.4, 0.5) is 5.69 Å². The van der Waals surface area contributed by atoms with E-state index in [1.54, 1.807) is 0 Å². The molecule has 16 heavy (non-hydrogen) atoms. The van der Waals surface area contributed by atoms with Gasteiger partial charge in [0.2, 0.25) is 0 Å². The zero-order valence-corrected chi connectivity index (χ0v) is 11.6. The van der Waals surface area contributed by atoms with E-state index in [1.165, 1.54) is 5.56 Å². The second-order valence-electron chi connectivity index (χ2n) is 4.28. The molecule has 0 heterocycles. The number of nitrogens with one attached hydrogen (secondary N) is 1. The number of hydrogen-bond donors (Lipinski definition) is 2. The van der Waals surface area contributed by atoms with Gasteiger partial charge in [-0.15, -0.1) is 0 Å². The van der Waals surface area contributed by atoms with E-state index in [0.29, 0.717) is 13.1 Å². The Morgan fingerprint density at radius 2 is 2.12 bits per heavy atom. The Bertz CT molecular complexity index is 342. The van der Waals surface area contributed by atoms with E-state index in [1.807, 2.05) is 38.1 Å². The predicted octanol–water partition coefficient (Wildman–Crippen LogP) is 2.09. The summed E-state index contributed by atoms with van der Waals surface area (Å²) in [6, 6.07) is 6.12. The molecule has 0 fully saturated rings. The largest absolute Gasteiger partial charge is 0.390 e. The Morgan fingerprint density at radius 1 is 1.44 bits per heavy atom. The average Bonchev–Trinajstić information content (AvgIpc) is 2.18. The smallest absolute Gasteiger partial charge is 0.0838 e. The summed E-state index contributed by atoms with van der Waals surface area (Å²) in [4.78, 5) is 1.97. The summed E-state index contributed by atoms with van der Waals surface area (Å²) in [5.74, 6) is 0. The van der Waals surface area contributed by atoms with Gasteiger partial charge in [0.1, 0.15) is 0 Å². The molecule has 1 atom stereocenters. The molecule has 1 aromatic rings. The number of anilines is 1. The lowest BCUT2D eigenvalue weighted by Crippen LogP contribution is -2.31. The molecule has 0 saturated carbocycles. The lowest BCUT2D eigenvalue weighted by molar-refractivity contribution is 0.148. The fourth-order valence-electron chi connectivity index (χ4n) is 1.49. The van der Waals surface area contributed by atoms with E-state index in [4.69, 9.17) is 0 Å². The third-order valence-corrected chi connectivity index (χ3v) is 2.92. The molecular formula is C12H19BrN2O. The van der Waals surface area contributed by atoms with Crippen LogP contribution in [-0.2, 0) is 0 Å². The Morgan fingerprint density at radius 3 is 2.75 bits per heavy atom. The Kier molecular flexibility index (Phi) is 5.25. The molecule has 0 radical (unpaired) electrons. The number of halogens is 1. The number of nitrogens with zero attached hydrogens (tertiary/aromatic N) is 1. The van der Waals surface area contributed by atoms with Crippen molar-refractivity contribution in [1.29, 1.82) is 0 Å². The fraction of sp³-hybridized carbons (Fsp3) is 0.500. The van der Waals surface area contributed by atoms with Crippen LogP contribution in [0.25, 0.3) is 0 Å². The van der Waals surface area contributed by atoms with Crippen LogP contribution in [0.5, 0.6) is 0 Å². The molecule has 0 amide bonds. The van der Waals surface area contributed by atoms with Gasteiger partial charge >= 0.3 is 0 Å². The van der Waals surface area contributed by atoms with Crippen LogP contribution in [0.3, 0.4) is 0 Å². The second-order valence-corrected chi connectivity index (χ2v) is 5.13. The lowest BCUT2D eigenvalue weighted by Gasteiger charge is -2.17. The molecular weight excluding hydrogens is 268 g/mol. The number of benzene rings is 1. The standard InChI is InChI=1S/C12H19BrN2O/c1-9-4-5-11(13)12(6-9)14-7-10(16)8-15(2)3/h4-6,10,14,16H,7-8H2,1-3H3. The number of aliphatic hydroxyl groups is 1.